The van der Waals surface area contributed by atoms with E-state index in [4.69, 9.17) is 4.74 Å². The second kappa shape index (κ2) is 5.12. The van der Waals surface area contributed by atoms with Crippen LogP contribution in [0.5, 0.6) is 0 Å². The van der Waals surface area contributed by atoms with E-state index in [0.29, 0.717) is 6.10 Å². The van der Waals surface area contributed by atoms with Crippen molar-refractivity contribution in [2.24, 2.45) is 0 Å². The molecular formula is C10H17N3O. The Morgan fingerprint density at radius 3 is 3.29 bits per heavy atom. The fourth-order valence-electron chi connectivity index (χ4n) is 1.71. The molecule has 0 aromatic carbocycles. The summed E-state index contributed by atoms with van der Waals surface area (Å²) in [6.45, 7) is 3.82. The van der Waals surface area contributed by atoms with Gasteiger partial charge in [-0.3, -0.25) is 0 Å². The molecule has 0 aliphatic carbocycles. The predicted octanol–water partition coefficient (Wildman–Crippen LogP) is 0.652. The topological polar surface area (TPSA) is 39.1 Å². The molecule has 2 rings (SSSR count). The summed E-state index contributed by atoms with van der Waals surface area (Å²) >= 11 is 0. The number of ether oxygens (including phenoxy) is 1. The van der Waals surface area contributed by atoms with Gasteiger partial charge in [0, 0.05) is 25.5 Å². The Hall–Kier alpha value is -0.870. The van der Waals surface area contributed by atoms with E-state index in [1.54, 1.807) is 6.20 Å². The first-order valence-corrected chi connectivity index (χ1v) is 5.23. The van der Waals surface area contributed by atoms with Gasteiger partial charge in [-0.1, -0.05) is 0 Å². The lowest BCUT2D eigenvalue weighted by Crippen LogP contribution is -2.35. The van der Waals surface area contributed by atoms with Crippen molar-refractivity contribution < 1.29 is 4.74 Å². The Morgan fingerprint density at radius 1 is 1.57 bits per heavy atom. The fraction of sp³-hybridized carbons (Fsp3) is 0.700. The zero-order valence-corrected chi connectivity index (χ0v) is 8.35. The fourth-order valence-corrected chi connectivity index (χ4v) is 1.71. The average Bonchev–Trinajstić information content (AvgIpc) is 2.72. The molecule has 1 aromatic rings. The molecule has 0 amide bonds. The van der Waals surface area contributed by atoms with Gasteiger partial charge in [0.2, 0.25) is 0 Å². The largest absolute Gasteiger partial charge is 0.375 e. The molecule has 1 atom stereocenters. The lowest BCUT2D eigenvalue weighted by molar-refractivity contribution is 0.0324. The molecule has 0 radical (unpaired) electrons. The van der Waals surface area contributed by atoms with Crippen LogP contribution < -0.4 is 5.32 Å². The van der Waals surface area contributed by atoms with Gasteiger partial charge in [0.15, 0.2) is 0 Å². The molecule has 2 heterocycles. The van der Waals surface area contributed by atoms with Crippen LogP contribution in [-0.2, 0) is 11.3 Å². The maximum absolute atomic E-state index is 5.75. The molecule has 1 aromatic heterocycles. The van der Waals surface area contributed by atoms with E-state index >= 15 is 0 Å². The van der Waals surface area contributed by atoms with E-state index < -0.39 is 0 Å². The van der Waals surface area contributed by atoms with Gasteiger partial charge in [0.05, 0.1) is 19.0 Å². The Kier molecular flexibility index (Phi) is 3.54. The molecule has 1 unspecified atom stereocenters. The lowest BCUT2D eigenvalue weighted by Gasteiger charge is -2.23. The highest BCUT2D eigenvalue weighted by atomic mass is 16.5. The van der Waals surface area contributed by atoms with Crippen molar-refractivity contribution >= 4 is 0 Å². The minimum absolute atomic E-state index is 0.410. The first-order chi connectivity index (χ1) is 6.95. The van der Waals surface area contributed by atoms with Crippen molar-refractivity contribution in [2.75, 3.05) is 19.7 Å². The second-order valence-corrected chi connectivity index (χ2v) is 3.64. The SMILES string of the molecule is c1cn(CCOC2CCCNC2)cn1. The Morgan fingerprint density at radius 2 is 2.57 bits per heavy atom. The van der Waals surface area contributed by atoms with E-state index in [9.17, 15) is 0 Å². The first-order valence-electron chi connectivity index (χ1n) is 5.23. The van der Waals surface area contributed by atoms with Crippen LogP contribution in [0.2, 0.25) is 0 Å². The molecule has 14 heavy (non-hydrogen) atoms. The minimum atomic E-state index is 0.410. The molecule has 1 fully saturated rings. The van der Waals surface area contributed by atoms with Crippen molar-refractivity contribution in [1.29, 1.82) is 0 Å². The van der Waals surface area contributed by atoms with E-state index in [1.165, 1.54) is 12.8 Å². The third-order valence-corrected chi connectivity index (χ3v) is 2.51. The quantitative estimate of drug-likeness (QED) is 0.766. The van der Waals surface area contributed by atoms with E-state index in [-0.39, 0.29) is 0 Å². The van der Waals surface area contributed by atoms with Crippen LogP contribution in [0.15, 0.2) is 18.7 Å². The Balaban J connectivity index is 1.62. The maximum atomic E-state index is 5.75. The number of nitrogens with one attached hydrogen (secondary N) is 1. The smallest absolute Gasteiger partial charge is 0.0946 e. The van der Waals surface area contributed by atoms with Gasteiger partial charge in [0.1, 0.15) is 0 Å². The maximum Gasteiger partial charge on any atom is 0.0946 e. The summed E-state index contributed by atoms with van der Waals surface area (Å²) in [7, 11) is 0. The number of hydrogen-bond acceptors (Lipinski definition) is 3. The van der Waals surface area contributed by atoms with Crippen LogP contribution in [0.25, 0.3) is 0 Å². The molecule has 0 bridgehead atoms. The van der Waals surface area contributed by atoms with Crippen LogP contribution >= 0.6 is 0 Å². The summed E-state index contributed by atoms with van der Waals surface area (Å²) in [5.74, 6) is 0. The van der Waals surface area contributed by atoms with E-state index in [0.717, 1.165) is 26.2 Å². The third-order valence-electron chi connectivity index (χ3n) is 2.51. The first kappa shape index (κ1) is 9.68. The van der Waals surface area contributed by atoms with Crippen molar-refractivity contribution in [2.45, 2.75) is 25.5 Å². The molecule has 4 heteroatoms. The lowest BCUT2D eigenvalue weighted by atomic mass is 10.1. The second-order valence-electron chi connectivity index (χ2n) is 3.64. The standard InChI is InChI=1S/C10H17N3O/c1-2-10(8-11-3-1)14-7-6-13-5-4-12-9-13/h4-5,9-11H,1-3,6-8H2. The number of piperidine rings is 1. The third kappa shape index (κ3) is 2.82. The summed E-state index contributed by atoms with van der Waals surface area (Å²) in [5, 5.41) is 3.33. The summed E-state index contributed by atoms with van der Waals surface area (Å²) in [6.07, 6.45) is 8.41. The molecule has 4 nitrogen and oxygen atoms in total. The number of rotatable bonds is 4. The molecular weight excluding hydrogens is 178 g/mol. The highest BCUT2D eigenvalue weighted by Gasteiger charge is 2.12. The minimum Gasteiger partial charge on any atom is -0.375 e. The van der Waals surface area contributed by atoms with Crippen LogP contribution in [0.4, 0.5) is 0 Å². The van der Waals surface area contributed by atoms with Gasteiger partial charge in [-0.05, 0) is 19.4 Å². The number of hydrogen-bond donors (Lipinski definition) is 1. The van der Waals surface area contributed by atoms with Crippen LogP contribution in [0, 0.1) is 0 Å². The van der Waals surface area contributed by atoms with E-state index in [2.05, 4.69) is 10.3 Å². The molecule has 0 spiro atoms. The van der Waals surface area contributed by atoms with E-state index in [1.807, 2.05) is 17.1 Å². The number of imidazole rings is 1. The molecule has 78 valence electrons. The van der Waals surface area contributed by atoms with Crippen LogP contribution in [-0.4, -0.2) is 35.4 Å². The summed E-state index contributed by atoms with van der Waals surface area (Å²) in [5.41, 5.74) is 0. The summed E-state index contributed by atoms with van der Waals surface area (Å²) in [6, 6.07) is 0. The number of aromatic nitrogens is 2. The van der Waals surface area contributed by atoms with Gasteiger partial charge in [0.25, 0.3) is 0 Å². The molecule has 1 saturated heterocycles. The van der Waals surface area contributed by atoms with Crippen LogP contribution in [0.1, 0.15) is 12.8 Å². The van der Waals surface area contributed by atoms with Crippen molar-refractivity contribution in [3.63, 3.8) is 0 Å². The van der Waals surface area contributed by atoms with Crippen molar-refractivity contribution in [3.8, 4) is 0 Å². The highest BCUT2D eigenvalue weighted by Crippen LogP contribution is 2.05. The zero-order valence-electron chi connectivity index (χ0n) is 8.35. The Bertz CT molecular complexity index is 242. The molecule has 1 aliphatic rings. The summed E-state index contributed by atoms with van der Waals surface area (Å²) < 4.78 is 7.78. The van der Waals surface area contributed by atoms with Crippen LogP contribution in [0.3, 0.4) is 0 Å². The molecule has 0 saturated carbocycles. The molecule has 1 aliphatic heterocycles. The average molecular weight is 195 g/mol. The predicted molar refractivity (Wildman–Crippen MR) is 54.1 cm³/mol. The van der Waals surface area contributed by atoms with Gasteiger partial charge >= 0.3 is 0 Å². The molecule has 1 N–H and O–H groups in total. The van der Waals surface area contributed by atoms with Crippen molar-refractivity contribution in [1.82, 2.24) is 14.9 Å². The van der Waals surface area contributed by atoms with Gasteiger partial charge < -0.3 is 14.6 Å². The van der Waals surface area contributed by atoms with Gasteiger partial charge in [-0.15, -0.1) is 0 Å². The highest BCUT2D eigenvalue weighted by molar-refractivity contribution is 4.74. The normalized spacial score (nSPS) is 22.4. The zero-order chi connectivity index (χ0) is 9.64. The van der Waals surface area contributed by atoms with Gasteiger partial charge in [-0.25, -0.2) is 4.98 Å². The Labute approximate surface area is 84.3 Å². The van der Waals surface area contributed by atoms with Crippen molar-refractivity contribution in [3.05, 3.63) is 18.7 Å². The van der Waals surface area contributed by atoms with Gasteiger partial charge in [-0.2, -0.15) is 0 Å². The number of nitrogens with zero attached hydrogens (tertiary/aromatic N) is 2. The summed E-state index contributed by atoms with van der Waals surface area (Å²) in [4.78, 5) is 3.98. The monoisotopic (exact) mass is 195 g/mol.